The molecular formula is C15H25N5OS. The molecule has 3 heterocycles. The fourth-order valence-corrected chi connectivity index (χ4v) is 3.95. The summed E-state index contributed by atoms with van der Waals surface area (Å²) in [6.45, 7) is 6.36. The molecule has 2 saturated heterocycles. The minimum Gasteiger partial charge on any atom is -0.345 e. The topological polar surface area (TPSA) is 51.7 Å². The lowest BCUT2D eigenvalue weighted by atomic mass is 9.99. The van der Waals surface area contributed by atoms with Crippen LogP contribution >= 0.6 is 11.3 Å². The minimum absolute atomic E-state index is 0.0898. The van der Waals surface area contributed by atoms with Crippen LogP contribution in [0.1, 0.15) is 12.8 Å². The number of carbonyl (C=O) groups excluding carboxylic acids is 1. The number of hydrogen-bond donors (Lipinski definition) is 1. The fraction of sp³-hybridized carbons (Fsp3) is 0.733. The number of amides is 2. The Kier molecular flexibility index (Phi) is 5.15. The van der Waals surface area contributed by atoms with Crippen LogP contribution in [-0.4, -0.2) is 73.7 Å². The molecule has 0 bridgehead atoms. The lowest BCUT2D eigenvalue weighted by Gasteiger charge is -2.35. The summed E-state index contributed by atoms with van der Waals surface area (Å²) >= 11 is 1.66. The number of piperazine rings is 1. The number of likely N-dealkylation sites (tertiary alicyclic amines) is 1. The molecule has 1 aromatic rings. The Morgan fingerprint density at radius 3 is 2.86 bits per heavy atom. The molecule has 122 valence electrons. The fourth-order valence-electron chi connectivity index (χ4n) is 3.26. The minimum atomic E-state index is 0.0898. The normalized spacial score (nSPS) is 23.6. The number of urea groups is 1. The summed E-state index contributed by atoms with van der Waals surface area (Å²) in [7, 11) is 2.16. The Morgan fingerprint density at radius 2 is 2.18 bits per heavy atom. The van der Waals surface area contributed by atoms with Crippen molar-refractivity contribution in [2.24, 2.45) is 5.92 Å². The van der Waals surface area contributed by atoms with Gasteiger partial charge in [0.1, 0.15) is 0 Å². The number of carbonyl (C=O) groups is 1. The number of nitrogens with one attached hydrogen (secondary N) is 1. The highest BCUT2D eigenvalue weighted by Gasteiger charge is 2.23. The molecule has 7 heteroatoms. The number of rotatable bonds is 3. The summed E-state index contributed by atoms with van der Waals surface area (Å²) in [5.41, 5.74) is 0. The van der Waals surface area contributed by atoms with Crippen molar-refractivity contribution in [3.8, 4) is 0 Å². The first kappa shape index (κ1) is 15.6. The van der Waals surface area contributed by atoms with Gasteiger partial charge in [-0.05, 0) is 32.4 Å². The van der Waals surface area contributed by atoms with Crippen molar-refractivity contribution >= 4 is 22.5 Å². The van der Waals surface area contributed by atoms with Gasteiger partial charge in [0.25, 0.3) is 0 Å². The smallest absolute Gasteiger partial charge is 0.317 e. The van der Waals surface area contributed by atoms with E-state index < -0.39 is 0 Å². The molecule has 0 saturated carbocycles. The van der Waals surface area contributed by atoms with Crippen molar-refractivity contribution in [3.05, 3.63) is 11.6 Å². The third-order valence-electron chi connectivity index (χ3n) is 4.52. The Bertz CT molecular complexity index is 472. The van der Waals surface area contributed by atoms with Crippen LogP contribution in [0.5, 0.6) is 0 Å². The maximum absolute atomic E-state index is 12.3. The lowest BCUT2D eigenvalue weighted by Crippen LogP contribution is -2.52. The first-order valence-corrected chi connectivity index (χ1v) is 8.96. The van der Waals surface area contributed by atoms with Gasteiger partial charge in [-0.2, -0.15) is 0 Å². The van der Waals surface area contributed by atoms with E-state index in [1.807, 2.05) is 16.5 Å². The summed E-state index contributed by atoms with van der Waals surface area (Å²) in [4.78, 5) is 23.2. The maximum atomic E-state index is 12.3. The molecule has 0 aliphatic carbocycles. The number of hydrogen-bond acceptors (Lipinski definition) is 5. The first-order valence-electron chi connectivity index (χ1n) is 8.08. The molecule has 1 aromatic heterocycles. The molecule has 1 unspecified atom stereocenters. The van der Waals surface area contributed by atoms with E-state index in [0.29, 0.717) is 5.92 Å². The molecular weight excluding hydrogens is 298 g/mol. The summed E-state index contributed by atoms with van der Waals surface area (Å²) in [6, 6.07) is 0.0898. The Hall–Kier alpha value is -1.34. The molecule has 22 heavy (non-hydrogen) atoms. The van der Waals surface area contributed by atoms with E-state index in [1.165, 1.54) is 19.4 Å². The summed E-state index contributed by atoms with van der Waals surface area (Å²) < 4.78 is 0. The van der Waals surface area contributed by atoms with Gasteiger partial charge >= 0.3 is 6.03 Å². The van der Waals surface area contributed by atoms with Crippen molar-refractivity contribution in [2.45, 2.75) is 12.8 Å². The van der Waals surface area contributed by atoms with E-state index >= 15 is 0 Å². The number of piperidine rings is 1. The van der Waals surface area contributed by atoms with Gasteiger partial charge in [0.15, 0.2) is 5.13 Å². The Balaban J connectivity index is 1.40. The van der Waals surface area contributed by atoms with Crippen molar-refractivity contribution in [1.29, 1.82) is 0 Å². The molecule has 3 rings (SSSR count). The number of anilines is 1. The van der Waals surface area contributed by atoms with E-state index in [4.69, 9.17) is 0 Å². The number of nitrogens with zero attached hydrogens (tertiary/aromatic N) is 4. The molecule has 2 amide bonds. The van der Waals surface area contributed by atoms with Crippen LogP contribution in [0.15, 0.2) is 11.6 Å². The third kappa shape index (κ3) is 3.89. The Labute approximate surface area is 136 Å². The van der Waals surface area contributed by atoms with Gasteiger partial charge < -0.3 is 20.0 Å². The second-order valence-corrected chi connectivity index (χ2v) is 7.12. The zero-order valence-electron chi connectivity index (χ0n) is 13.2. The number of thiazole rings is 1. The standard InChI is InChI=1S/C15H25N5OS/c1-18-5-2-3-13(12-18)11-17-14(21)19-6-8-20(9-7-19)15-16-4-10-22-15/h4,10,13H,2-3,5-9,11-12H2,1H3,(H,17,21). The maximum Gasteiger partial charge on any atom is 0.317 e. The lowest BCUT2D eigenvalue weighted by molar-refractivity contribution is 0.180. The predicted molar refractivity (Wildman–Crippen MR) is 89.5 cm³/mol. The highest BCUT2D eigenvalue weighted by molar-refractivity contribution is 7.13. The molecule has 6 nitrogen and oxygen atoms in total. The van der Waals surface area contributed by atoms with Crippen LogP contribution in [0.3, 0.4) is 0 Å². The quantitative estimate of drug-likeness (QED) is 0.911. The predicted octanol–water partition coefficient (Wildman–Crippen LogP) is 1.32. The summed E-state index contributed by atoms with van der Waals surface area (Å²) in [5, 5.41) is 6.18. The van der Waals surface area contributed by atoms with Gasteiger partial charge in [-0.25, -0.2) is 9.78 Å². The molecule has 1 N–H and O–H groups in total. The molecule has 2 aliphatic rings. The average Bonchev–Trinajstić information content (AvgIpc) is 3.07. The average molecular weight is 323 g/mol. The van der Waals surface area contributed by atoms with Gasteiger partial charge in [0, 0.05) is 50.8 Å². The third-order valence-corrected chi connectivity index (χ3v) is 5.35. The number of aromatic nitrogens is 1. The highest BCUT2D eigenvalue weighted by Crippen LogP contribution is 2.19. The van der Waals surface area contributed by atoms with E-state index in [9.17, 15) is 4.79 Å². The van der Waals surface area contributed by atoms with Gasteiger partial charge in [0.05, 0.1) is 0 Å². The molecule has 2 aliphatic heterocycles. The molecule has 0 radical (unpaired) electrons. The zero-order chi connectivity index (χ0) is 15.4. The largest absolute Gasteiger partial charge is 0.345 e. The van der Waals surface area contributed by atoms with Crippen molar-refractivity contribution < 1.29 is 4.79 Å². The molecule has 2 fully saturated rings. The highest BCUT2D eigenvalue weighted by atomic mass is 32.1. The van der Waals surface area contributed by atoms with Crippen LogP contribution in [0.2, 0.25) is 0 Å². The summed E-state index contributed by atoms with van der Waals surface area (Å²) in [6.07, 6.45) is 4.30. The van der Waals surface area contributed by atoms with Gasteiger partial charge in [-0.1, -0.05) is 0 Å². The summed E-state index contributed by atoms with van der Waals surface area (Å²) in [5.74, 6) is 0.597. The van der Waals surface area contributed by atoms with Crippen LogP contribution in [0.4, 0.5) is 9.93 Å². The van der Waals surface area contributed by atoms with Gasteiger partial charge in [-0.15, -0.1) is 11.3 Å². The SMILES string of the molecule is CN1CCCC(CNC(=O)N2CCN(c3nccs3)CC2)C1. The second kappa shape index (κ2) is 7.28. The monoisotopic (exact) mass is 323 g/mol. The Morgan fingerprint density at radius 1 is 1.36 bits per heavy atom. The van der Waals surface area contributed by atoms with E-state index in [1.54, 1.807) is 11.3 Å². The van der Waals surface area contributed by atoms with E-state index in [2.05, 4.69) is 27.1 Å². The molecule has 0 aromatic carbocycles. The van der Waals surface area contributed by atoms with Crippen molar-refractivity contribution in [1.82, 2.24) is 20.1 Å². The van der Waals surface area contributed by atoms with E-state index in [0.717, 1.165) is 44.4 Å². The van der Waals surface area contributed by atoms with Crippen LogP contribution in [0.25, 0.3) is 0 Å². The van der Waals surface area contributed by atoms with Gasteiger partial charge in [0.2, 0.25) is 0 Å². The first-order chi connectivity index (χ1) is 10.7. The molecule has 1 atom stereocenters. The molecule has 0 spiro atoms. The van der Waals surface area contributed by atoms with Crippen LogP contribution < -0.4 is 10.2 Å². The van der Waals surface area contributed by atoms with Gasteiger partial charge in [-0.3, -0.25) is 0 Å². The van der Waals surface area contributed by atoms with Crippen molar-refractivity contribution in [3.63, 3.8) is 0 Å². The van der Waals surface area contributed by atoms with Crippen LogP contribution in [-0.2, 0) is 0 Å². The van der Waals surface area contributed by atoms with Crippen molar-refractivity contribution in [2.75, 3.05) is 57.8 Å². The van der Waals surface area contributed by atoms with Crippen LogP contribution in [0, 0.1) is 5.92 Å². The van der Waals surface area contributed by atoms with E-state index in [-0.39, 0.29) is 6.03 Å². The second-order valence-electron chi connectivity index (χ2n) is 6.25. The zero-order valence-corrected chi connectivity index (χ0v) is 14.0.